The van der Waals surface area contributed by atoms with Crippen LogP contribution < -0.4 is 9.80 Å². The topological polar surface area (TPSA) is 72.9 Å². The van der Waals surface area contributed by atoms with Gasteiger partial charge in [-0.05, 0) is 24.3 Å². The smallest absolute Gasteiger partial charge is 0.272 e. The Kier molecular flexibility index (Phi) is 5.36. The van der Waals surface area contributed by atoms with E-state index in [1.807, 2.05) is 30.5 Å². The highest BCUT2D eigenvalue weighted by molar-refractivity contribution is 5.92. The summed E-state index contributed by atoms with van der Waals surface area (Å²) in [6.07, 6.45) is 4.44. The first-order chi connectivity index (χ1) is 13.7. The molecule has 0 radical (unpaired) electrons. The van der Waals surface area contributed by atoms with Gasteiger partial charge in [0, 0.05) is 58.6 Å². The quantitative estimate of drug-likeness (QED) is 0.728. The number of carbonyl (C=O) groups is 2. The summed E-state index contributed by atoms with van der Waals surface area (Å²) in [6.45, 7) is 5.84. The Morgan fingerprint density at radius 1 is 0.857 bits per heavy atom. The first kappa shape index (κ1) is 18.2. The number of carbonyl (C=O) groups excluding carboxylic acids is 2. The van der Waals surface area contributed by atoms with E-state index in [1.54, 1.807) is 22.1 Å². The Hall–Kier alpha value is -3.16. The normalized spacial score (nSPS) is 17.6. The summed E-state index contributed by atoms with van der Waals surface area (Å²) in [4.78, 5) is 40.2. The molecule has 2 aliphatic heterocycles. The summed E-state index contributed by atoms with van der Waals surface area (Å²) in [7, 11) is 0. The maximum Gasteiger partial charge on any atom is 0.272 e. The largest absolute Gasteiger partial charge is 0.367 e. The van der Waals surface area contributed by atoms with Crippen molar-refractivity contribution in [2.45, 2.75) is 0 Å². The van der Waals surface area contributed by atoms with Crippen LogP contribution in [0.1, 0.15) is 10.5 Å². The van der Waals surface area contributed by atoms with Crippen molar-refractivity contribution in [2.75, 3.05) is 62.2 Å². The summed E-state index contributed by atoms with van der Waals surface area (Å²) in [5, 5.41) is 0. The molecule has 146 valence electrons. The fourth-order valence-electron chi connectivity index (χ4n) is 3.63. The fourth-order valence-corrected chi connectivity index (χ4v) is 3.63. The summed E-state index contributed by atoms with van der Waals surface area (Å²) in [5.74, 6) is 0.938. The summed E-state index contributed by atoms with van der Waals surface area (Å²) in [5.41, 5.74) is 1.48. The fraction of sp³-hybridized carbons (Fsp3) is 0.400. The molecular formula is C20H24N6O2. The van der Waals surface area contributed by atoms with Gasteiger partial charge in [0.25, 0.3) is 5.91 Å². The Morgan fingerprint density at radius 2 is 1.61 bits per heavy atom. The molecule has 2 fully saturated rings. The number of hydrogen-bond donors (Lipinski definition) is 0. The van der Waals surface area contributed by atoms with Gasteiger partial charge in [-0.2, -0.15) is 0 Å². The molecule has 2 amide bonds. The van der Waals surface area contributed by atoms with Crippen LogP contribution in [0.25, 0.3) is 0 Å². The van der Waals surface area contributed by atoms with Gasteiger partial charge in [0.15, 0.2) is 0 Å². The summed E-state index contributed by atoms with van der Waals surface area (Å²) >= 11 is 0. The number of aromatic nitrogens is 2. The zero-order valence-corrected chi connectivity index (χ0v) is 15.8. The maximum atomic E-state index is 12.6. The molecule has 4 heterocycles. The lowest BCUT2D eigenvalue weighted by Crippen LogP contribution is -2.48. The van der Waals surface area contributed by atoms with Crippen LogP contribution in [0, 0.1) is 0 Å². The molecule has 0 N–H and O–H groups in total. The average molecular weight is 380 g/mol. The first-order valence-corrected chi connectivity index (χ1v) is 9.60. The monoisotopic (exact) mass is 380 g/mol. The maximum absolute atomic E-state index is 12.6. The Balaban J connectivity index is 1.34. The Bertz CT molecular complexity index is 797. The third-order valence-electron chi connectivity index (χ3n) is 5.34. The van der Waals surface area contributed by atoms with E-state index in [9.17, 15) is 9.59 Å². The van der Waals surface area contributed by atoms with Crippen LogP contribution in [0.3, 0.4) is 0 Å². The van der Waals surface area contributed by atoms with Crippen molar-refractivity contribution in [1.82, 2.24) is 19.8 Å². The van der Waals surface area contributed by atoms with Crippen molar-refractivity contribution in [2.24, 2.45) is 0 Å². The molecule has 8 nitrogen and oxygen atoms in total. The number of nitrogens with zero attached hydrogens (tertiary/aromatic N) is 6. The van der Waals surface area contributed by atoms with E-state index in [0.717, 1.165) is 44.1 Å². The minimum Gasteiger partial charge on any atom is -0.367 e. The lowest BCUT2D eigenvalue weighted by molar-refractivity contribution is -0.119. The number of hydrogen-bond acceptors (Lipinski definition) is 6. The highest BCUT2D eigenvalue weighted by Gasteiger charge is 2.23. The van der Waals surface area contributed by atoms with Crippen LogP contribution in [0.15, 0.2) is 42.7 Å². The molecule has 2 aromatic rings. The molecule has 2 saturated heterocycles. The second kappa shape index (κ2) is 8.24. The Morgan fingerprint density at radius 3 is 2.21 bits per heavy atom. The van der Waals surface area contributed by atoms with Crippen LogP contribution in [0.5, 0.6) is 0 Å². The van der Waals surface area contributed by atoms with Crippen molar-refractivity contribution < 1.29 is 9.59 Å². The van der Waals surface area contributed by atoms with Crippen LogP contribution >= 0.6 is 0 Å². The third-order valence-corrected chi connectivity index (χ3v) is 5.34. The van der Waals surface area contributed by atoms with Crippen molar-refractivity contribution in [1.29, 1.82) is 0 Å². The zero-order valence-electron chi connectivity index (χ0n) is 15.8. The van der Waals surface area contributed by atoms with Crippen molar-refractivity contribution in [3.05, 3.63) is 48.4 Å². The van der Waals surface area contributed by atoms with Gasteiger partial charge < -0.3 is 19.6 Å². The number of amides is 2. The van der Waals surface area contributed by atoms with Gasteiger partial charge in [0.1, 0.15) is 11.5 Å². The van der Waals surface area contributed by atoms with E-state index >= 15 is 0 Å². The van der Waals surface area contributed by atoms with Gasteiger partial charge >= 0.3 is 0 Å². The number of pyridine rings is 2. The van der Waals surface area contributed by atoms with Crippen LogP contribution in [-0.2, 0) is 4.79 Å². The minimum atomic E-state index is -0.0722. The molecule has 0 saturated carbocycles. The molecular weight excluding hydrogens is 356 g/mol. The first-order valence-electron chi connectivity index (χ1n) is 9.60. The van der Waals surface area contributed by atoms with E-state index in [2.05, 4.69) is 19.8 Å². The van der Waals surface area contributed by atoms with Crippen LogP contribution in [-0.4, -0.2) is 84.4 Å². The molecule has 0 spiro atoms. The Labute approximate surface area is 164 Å². The lowest BCUT2D eigenvalue weighted by Gasteiger charge is -2.36. The predicted octanol–water partition coefficient (Wildman–Crippen LogP) is 0.717. The highest BCUT2D eigenvalue weighted by Crippen LogP contribution is 2.19. The van der Waals surface area contributed by atoms with E-state index in [4.69, 9.17) is 0 Å². The summed E-state index contributed by atoms with van der Waals surface area (Å²) in [6, 6.07) is 9.74. The zero-order chi connectivity index (χ0) is 19.3. The molecule has 0 unspecified atom stereocenters. The van der Waals surface area contributed by atoms with Gasteiger partial charge in [-0.15, -0.1) is 0 Å². The molecule has 28 heavy (non-hydrogen) atoms. The molecule has 2 aliphatic rings. The predicted molar refractivity (Wildman–Crippen MR) is 106 cm³/mol. The summed E-state index contributed by atoms with van der Waals surface area (Å²) < 4.78 is 0. The highest BCUT2D eigenvalue weighted by atomic mass is 16.2. The minimum absolute atomic E-state index is 0.0722. The molecule has 0 atom stereocenters. The molecule has 0 bridgehead atoms. The molecule has 4 rings (SSSR count). The second-order valence-corrected chi connectivity index (χ2v) is 7.00. The van der Waals surface area contributed by atoms with E-state index in [1.165, 1.54) is 0 Å². The molecule has 0 aromatic carbocycles. The van der Waals surface area contributed by atoms with E-state index in [-0.39, 0.29) is 5.91 Å². The number of piperazine rings is 2. The molecule has 2 aromatic heterocycles. The molecule has 0 aliphatic carbocycles. The number of rotatable bonds is 4. The number of anilines is 2. The van der Waals surface area contributed by atoms with Crippen LogP contribution in [0.4, 0.5) is 11.5 Å². The van der Waals surface area contributed by atoms with Crippen molar-refractivity contribution in [3.8, 4) is 0 Å². The van der Waals surface area contributed by atoms with Crippen molar-refractivity contribution in [3.63, 3.8) is 0 Å². The van der Waals surface area contributed by atoms with Crippen LogP contribution in [0.2, 0.25) is 0 Å². The van der Waals surface area contributed by atoms with Crippen molar-refractivity contribution >= 4 is 23.8 Å². The van der Waals surface area contributed by atoms with E-state index in [0.29, 0.717) is 31.9 Å². The van der Waals surface area contributed by atoms with Gasteiger partial charge in [-0.1, -0.05) is 6.07 Å². The standard InChI is InChI=1S/C20H24N6O2/c27-16-23-7-9-26(10-8-23)20(28)18-5-4-17(15-22-18)24-11-13-25(14-12-24)19-3-1-2-6-21-19/h1-6,15-16H,7-14H2. The van der Waals surface area contributed by atoms with Gasteiger partial charge in [-0.25, -0.2) is 9.97 Å². The molecule has 8 heteroatoms. The lowest BCUT2D eigenvalue weighted by atomic mass is 10.2. The van der Waals surface area contributed by atoms with Gasteiger partial charge in [0.05, 0.1) is 11.9 Å². The van der Waals surface area contributed by atoms with Gasteiger partial charge in [-0.3, -0.25) is 9.59 Å². The van der Waals surface area contributed by atoms with E-state index < -0.39 is 0 Å². The second-order valence-electron chi connectivity index (χ2n) is 7.00. The SMILES string of the molecule is O=CN1CCN(C(=O)c2ccc(N3CCN(c4ccccn4)CC3)cn2)CC1. The third kappa shape index (κ3) is 3.90. The average Bonchev–Trinajstić information content (AvgIpc) is 2.79. The van der Waals surface area contributed by atoms with Gasteiger partial charge in [0.2, 0.25) is 6.41 Å².